The van der Waals surface area contributed by atoms with Crippen molar-refractivity contribution in [2.75, 3.05) is 13.2 Å². The molecule has 0 fully saturated rings. The van der Waals surface area contributed by atoms with Gasteiger partial charge >= 0.3 is 0 Å². The van der Waals surface area contributed by atoms with Gasteiger partial charge in [0.05, 0.1) is 16.7 Å². The van der Waals surface area contributed by atoms with Crippen LogP contribution in [0.5, 0.6) is 5.75 Å². The molecule has 0 saturated carbocycles. The molecule has 3 aromatic rings. The molecule has 0 unspecified atom stereocenters. The molecular weight excluding hydrogens is 374 g/mol. The van der Waals surface area contributed by atoms with Gasteiger partial charge in [-0.1, -0.05) is 30.7 Å². The summed E-state index contributed by atoms with van der Waals surface area (Å²) in [7, 11) is 0. The molecule has 0 aliphatic carbocycles. The molecule has 5 nitrogen and oxygen atoms in total. The third-order valence-corrected chi connectivity index (χ3v) is 4.66. The summed E-state index contributed by atoms with van der Waals surface area (Å²) in [6.45, 7) is 3.04. The van der Waals surface area contributed by atoms with Crippen LogP contribution < -0.4 is 4.74 Å². The normalized spacial score (nSPS) is 10.5. The number of nitriles is 1. The van der Waals surface area contributed by atoms with E-state index in [0.29, 0.717) is 34.9 Å². The number of amides is 1. The zero-order chi connectivity index (χ0) is 19.9. The highest BCUT2D eigenvalue weighted by Crippen LogP contribution is 2.29. The average Bonchev–Trinajstić information content (AvgIpc) is 2.73. The van der Waals surface area contributed by atoms with Crippen LogP contribution in [0.4, 0.5) is 0 Å². The molecule has 1 heterocycles. The Morgan fingerprint density at radius 3 is 2.71 bits per heavy atom. The molecule has 0 aliphatic rings. The van der Waals surface area contributed by atoms with Crippen LogP contribution in [0.15, 0.2) is 54.7 Å². The lowest BCUT2D eigenvalue weighted by molar-refractivity contribution is -0.134. The summed E-state index contributed by atoms with van der Waals surface area (Å²) in [6, 6.07) is 16.5. The smallest absolute Gasteiger partial charge is 0.260 e. The predicted octanol–water partition coefficient (Wildman–Crippen LogP) is 4.58. The molecule has 0 atom stereocenters. The number of hydrogen-bond acceptors (Lipinski definition) is 4. The largest absolute Gasteiger partial charge is 0.481 e. The van der Waals surface area contributed by atoms with Crippen LogP contribution in [0.2, 0.25) is 5.02 Å². The molecule has 0 radical (unpaired) electrons. The second-order valence-electron chi connectivity index (χ2n) is 6.36. The number of fused-ring (bicyclic) bond motifs is 1. The fourth-order valence-corrected chi connectivity index (χ4v) is 3.14. The van der Waals surface area contributed by atoms with E-state index in [1.54, 1.807) is 35.4 Å². The van der Waals surface area contributed by atoms with E-state index in [1.165, 1.54) is 0 Å². The average molecular weight is 394 g/mol. The quantitative estimate of drug-likeness (QED) is 0.589. The van der Waals surface area contributed by atoms with E-state index in [-0.39, 0.29) is 12.5 Å². The lowest BCUT2D eigenvalue weighted by atomic mass is 10.1. The minimum absolute atomic E-state index is 0.0798. The number of hydrogen-bond donors (Lipinski definition) is 0. The number of halogens is 1. The van der Waals surface area contributed by atoms with Crippen molar-refractivity contribution in [1.29, 1.82) is 5.26 Å². The fourth-order valence-electron chi connectivity index (χ4n) is 2.93. The lowest BCUT2D eigenvalue weighted by Gasteiger charge is -2.22. The molecule has 0 N–H and O–H groups in total. The van der Waals surface area contributed by atoms with Crippen LogP contribution in [0.1, 0.15) is 24.5 Å². The Bertz CT molecular complexity index is 1010. The predicted molar refractivity (Wildman–Crippen MR) is 109 cm³/mol. The van der Waals surface area contributed by atoms with Gasteiger partial charge in [0.15, 0.2) is 6.61 Å². The zero-order valence-electron chi connectivity index (χ0n) is 15.6. The van der Waals surface area contributed by atoms with Gasteiger partial charge in [-0.05, 0) is 48.4 Å². The molecule has 1 aromatic heterocycles. The van der Waals surface area contributed by atoms with Gasteiger partial charge in [-0.15, -0.1) is 0 Å². The topological polar surface area (TPSA) is 66.2 Å². The maximum atomic E-state index is 12.7. The van der Waals surface area contributed by atoms with E-state index in [9.17, 15) is 4.79 Å². The lowest BCUT2D eigenvalue weighted by Crippen LogP contribution is -2.35. The molecule has 6 heteroatoms. The SMILES string of the molecule is CCCN(Cc1ccc(C#N)cc1)C(=O)COc1ccc(Cl)c2cccnc12. The Kier molecular flexibility index (Phi) is 6.46. The van der Waals surface area contributed by atoms with Crippen molar-refractivity contribution < 1.29 is 9.53 Å². The highest BCUT2D eigenvalue weighted by Gasteiger charge is 2.15. The number of carbonyl (C=O) groups is 1. The Labute approximate surface area is 169 Å². The van der Waals surface area contributed by atoms with Gasteiger partial charge in [-0.2, -0.15) is 5.26 Å². The third kappa shape index (κ3) is 4.59. The van der Waals surface area contributed by atoms with Crippen molar-refractivity contribution in [3.05, 3.63) is 70.9 Å². The van der Waals surface area contributed by atoms with Crippen LogP contribution in [0.25, 0.3) is 10.9 Å². The molecule has 1 amide bonds. The number of benzene rings is 2. The molecule has 0 bridgehead atoms. The highest BCUT2D eigenvalue weighted by molar-refractivity contribution is 6.35. The second-order valence-corrected chi connectivity index (χ2v) is 6.76. The molecule has 3 rings (SSSR count). The number of aromatic nitrogens is 1. The zero-order valence-corrected chi connectivity index (χ0v) is 16.3. The van der Waals surface area contributed by atoms with Crippen molar-refractivity contribution in [1.82, 2.24) is 9.88 Å². The molecule has 142 valence electrons. The van der Waals surface area contributed by atoms with Crippen LogP contribution in [-0.4, -0.2) is 28.9 Å². The first kappa shape index (κ1) is 19.7. The van der Waals surface area contributed by atoms with Crippen LogP contribution in [0.3, 0.4) is 0 Å². The van der Waals surface area contributed by atoms with Gasteiger partial charge in [0, 0.05) is 24.7 Å². The van der Waals surface area contributed by atoms with Crippen molar-refractivity contribution in [3.8, 4) is 11.8 Å². The van der Waals surface area contributed by atoms with E-state index in [4.69, 9.17) is 21.6 Å². The number of ether oxygens (including phenoxy) is 1. The monoisotopic (exact) mass is 393 g/mol. The minimum atomic E-state index is -0.106. The number of carbonyl (C=O) groups excluding carboxylic acids is 1. The molecular formula is C22H20ClN3O2. The summed E-state index contributed by atoms with van der Waals surface area (Å²) in [5, 5.41) is 10.3. The maximum absolute atomic E-state index is 12.7. The van der Waals surface area contributed by atoms with Gasteiger partial charge in [-0.25, -0.2) is 0 Å². The van der Waals surface area contributed by atoms with E-state index in [2.05, 4.69) is 11.1 Å². The van der Waals surface area contributed by atoms with E-state index >= 15 is 0 Å². The Hall–Kier alpha value is -3.10. The van der Waals surface area contributed by atoms with Crippen LogP contribution >= 0.6 is 11.6 Å². The highest BCUT2D eigenvalue weighted by atomic mass is 35.5. The molecule has 0 aliphatic heterocycles. The molecule has 2 aromatic carbocycles. The number of rotatable bonds is 7. The van der Waals surface area contributed by atoms with Crippen molar-refractivity contribution >= 4 is 28.4 Å². The summed E-state index contributed by atoms with van der Waals surface area (Å²) in [5.41, 5.74) is 2.21. The number of nitrogens with zero attached hydrogens (tertiary/aromatic N) is 3. The van der Waals surface area contributed by atoms with Gasteiger partial charge in [0.1, 0.15) is 11.3 Å². The van der Waals surface area contributed by atoms with E-state index in [1.807, 2.05) is 31.2 Å². The standard InChI is InChI=1S/C22H20ClN3O2/c1-2-12-26(14-17-7-5-16(13-24)6-8-17)21(27)15-28-20-10-9-19(23)18-4-3-11-25-22(18)20/h3-11H,2,12,14-15H2,1H3. The van der Waals surface area contributed by atoms with Crippen molar-refractivity contribution in [2.45, 2.75) is 19.9 Å². The molecule has 0 spiro atoms. The Balaban J connectivity index is 1.71. The third-order valence-electron chi connectivity index (χ3n) is 4.33. The number of pyridine rings is 1. The summed E-state index contributed by atoms with van der Waals surface area (Å²) >= 11 is 6.20. The minimum Gasteiger partial charge on any atom is -0.481 e. The first-order valence-electron chi connectivity index (χ1n) is 9.05. The summed E-state index contributed by atoms with van der Waals surface area (Å²) in [6.07, 6.45) is 2.51. The van der Waals surface area contributed by atoms with Gasteiger partial charge in [-0.3, -0.25) is 9.78 Å². The van der Waals surface area contributed by atoms with E-state index in [0.717, 1.165) is 17.4 Å². The van der Waals surface area contributed by atoms with Crippen LogP contribution in [-0.2, 0) is 11.3 Å². The second kappa shape index (κ2) is 9.20. The van der Waals surface area contributed by atoms with Gasteiger partial charge < -0.3 is 9.64 Å². The Morgan fingerprint density at radius 1 is 1.21 bits per heavy atom. The van der Waals surface area contributed by atoms with Crippen molar-refractivity contribution in [2.24, 2.45) is 0 Å². The summed E-state index contributed by atoms with van der Waals surface area (Å²) in [4.78, 5) is 18.8. The first-order valence-corrected chi connectivity index (χ1v) is 9.43. The summed E-state index contributed by atoms with van der Waals surface area (Å²) < 4.78 is 5.78. The van der Waals surface area contributed by atoms with Crippen molar-refractivity contribution in [3.63, 3.8) is 0 Å². The first-order chi connectivity index (χ1) is 13.6. The van der Waals surface area contributed by atoms with Crippen LogP contribution in [0, 0.1) is 11.3 Å². The van der Waals surface area contributed by atoms with Gasteiger partial charge in [0.25, 0.3) is 5.91 Å². The maximum Gasteiger partial charge on any atom is 0.260 e. The Morgan fingerprint density at radius 2 is 2.00 bits per heavy atom. The van der Waals surface area contributed by atoms with E-state index < -0.39 is 0 Å². The molecule has 0 saturated heterocycles. The molecule has 28 heavy (non-hydrogen) atoms. The fraction of sp³-hybridized carbons (Fsp3) is 0.227. The summed E-state index contributed by atoms with van der Waals surface area (Å²) in [5.74, 6) is 0.424. The van der Waals surface area contributed by atoms with Gasteiger partial charge in [0.2, 0.25) is 0 Å².